The molecule has 33 heavy (non-hydrogen) atoms. The summed E-state index contributed by atoms with van der Waals surface area (Å²) >= 11 is 5.98. The third kappa shape index (κ3) is 3.59. The molecule has 2 heterocycles. The van der Waals surface area contributed by atoms with Gasteiger partial charge in [0.15, 0.2) is 6.10 Å². The second-order valence-corrected chi connectivity index (χ2v) is 8.22. The Bertz CT molecular complexity index is 1180. The quantitative estimate of drug-likeness (QED) is 0.521. The van der Waals surface area contributed by atoms with Crippen molar-refractivity contribution in [3.05, 3.63) is 83.4 Å². The van der Waals surface area contributed by atoms with Gasteiger partial charge in [-0.25, -0.2) is 9.96 Å². The molecule has 8 heteroatoms. The summed E-state index contributed by atoms with van der Waals surface area (Å²) < 4.78 is 10.5. The number of rotatable bonds is 5. The third-order valence-corrected chi connectivity index (χ3v) is 6.24. The lowest BCUT2D eigenvalue weighted by molar-refractivity contribution is -0.126. The van der Waals surface area contributed by atoms with Crippen molar-refractivity contribution in [3.8, 4) is 11.5 Å². The number of nitrogens with zero attached hydrogens (tertiary/aromatic N) is 2. The van der Waals surface area contributed by atoms with E-state index in [1.165, 1.54) is 4.90 Å². The molecule has 0 bridgehead atoms. The first-order valence-corrected chi connectivity index (χ1v) is 10.8. The summed E-state index contributed by atoms with van der Waals surface area (Å²) in [7, 11) is 3.19. The molecular weight excluding hydrogens is 444 g/mol. The zero-order valence-electron chi connectivity index (χ0n) is 18.0. The molecule has 3 atom stereocenters. The lowest BCUT2D eigenvalue weighted by Gasteiger charge is -2.29. The molecule has 0 unspecified atom stereocenters. The average molecular weight is 465 g/mol. The summed E-state index contributed by atoms with van der Waals surface area (Å²) in [5.74, 6) is -0.0447. The van der Waals surface area contributed by atoms with Gasteiger partial charge in [-0.15, -0.1) is 0 Å². The predicted molar refractivity (Wildman–Crippen MR) is 124 cm³/mol. The number of carbonyl (C=O) groups excluding carboxylic acids is 2. The molecule has 2 aliphatic heterocycles. The summed E-state index contributed by atoms with van der Waals surface area (Å²) in [5, 5.41) is 2.17. The average Bonchev–Trinajstić information content (AvgIpc) is 3.36. The van der Waals surface area contributed by atoms with Crippen LogP contribution < -0.4 is 19.4 Å². The van der Waals surface area contributed by atoms with Gasteiger partial charge in [-0.1, -0.05) is 23.7 Å². The minimum atomic E-state index is -0.942. The highest BCUT2D eigenvalue weighted by atomic mass is 35.5. The van der Waals surface area contributed by atoms with Crippen LogP contribution in [0.3, 0.4) is 0 Å². The number of hydrogen-bond donors (Lipinski definition) is 0. The van der Waals surface area contributed by atoms with Crippen LogP contribution >= 0.6 is 11.6 Å². The molecule has 2 aliphatic rings. The van der Waals surface area contributed by atoms with Gasteiger partial charge in [0.1, 0.15) is 17.4 Å². The molecule has 168 valence electrons. The molecule has 2 amide bonds. The summed E-state index contributed by atoms with van der Waals surface area (Å²) in [5.41, 5.74) is 2.01. The molecule has 0 spiro atoms. The lowest BCUT2D eigenvalue weighted by Crippen LogP contribution is -2.37. The van der Waals surface area contributed by atoms with Gasteiger partial charge in [0.05, 0.1) is 31.6 Å². The first-order valence-electron chi connectivity index (χ1n) is 10.4. The van der Waals surface area contributed by atoms with Gasteiger partial charge in [0.2, 0.25) is 5.91 Å². The zero-order chi connectivity index (χ0) is 23.1. The SMILES string of the molecule is COc1ccc([C@H]2[C@@H]3C(=O)N(c4ccc(Cl)cc4)C(=O)[C@@H]3ON2c2ccc(OC)cc2)cc1. The topological polar surface area (TPSA) is 68.3 Å². The van der Waals surface area contributed by atoms with E-state index in [2.05, 4.69) is 0 Å². The van der Waals surface area contributed by atoms with Crippen LogP contribution in [0.15, 0.2) is 72.8 Å². The molecule has 3 aromatic rings. The van der Waals surface area contributed by atoms with E-state index in [9.17, 15) is 9.59 Å². The maximum Gasteiger partial charge on any atom is 0.266 e. The Morgan fingerprint density at radius 2 is 1.30 bits per heavy atom. The largest absolute Gasteiger partial charge is 0.497 e. The van der Waals surface area contributed by atoms with Crippen molar-refractivity contribution in [2.45, 2.75) is 12.1 Å². The number of fused-ring (bicyclic) bond motifs is 1. The van der Waals surface area contributed by atoms with Gasteiger partial charge in [-0.3, -0.25) is 14.4 Å². The lowest BCUT2D eigenvalue weighted by atomic mass is 9.90. The monoisotopic (exact) mass is 464 g/mol. The maximum absolute atomic E-state index is 13.6. The number of methoxy groups -OCH3 is 2. The summed E-state index contributed by atoms with van der Waals surface area (Å²) in [6, 6.07) is 20.8. The Kier molecular flexibility index (Phi) is 5.44. The van der Waals surface area contributed by atoms with Crippen molar-refractivity contribution < 1.29 is 23.9 Å². The second kappa shape index (κ2) is 8.42. The van der Waals surface area contributed by atoms with Gasteiger partial charge in [-0.05, 0) is 66.2 Å². The Morgan fingerprint density at radius 3 is 1.88 bits per heavy atom. The minimum Gasteiger partial charge on any atom is -0.497 e. The first-order chi connectivity index (χ1) is 16.0. The van der Waals surface area contributed by atoms with E-state index in [0.29, 0.717) is 27.9 Å². The fourth-order valence-corrected chi connectivity index (χ4v) is 4.48. The van der Waals surface area contributed by atoms with Gasteiger partial charge in [0, 0.05) is 5.02 Å². The van der Waals surface area contributed by atoms with Crippen LogP contribution in [0, 0.1) is 5.92 Å². The number of amides is 2. The Hall–Kier alpha value is -3.55. The third-order valence-electron chi connectivity index (χ3n) is 5.98. The van der Waals surface area contributed by atoms with Crippen LogP contribution in [-0.2, 0) is 14.4 Å². The molecule has 0 aliphatic carbocycles. The highest BCUT2D eigenvalue weighted by Gasteiger charge is 2.60. The first kappa shape index (κ1) is 21.3. The number of carbonyl (C=O) groups is 2. The normalized spacial score (nSPS) is 22.0. The fourth-order valence-electron chi connectivity index (χ4n) is 4.35. The van der Waals surface area contributed by atoms with E-state index in [4.69, 9.17) is 25.9 Å². The van der Waals surface area contributed by atoms with Gasteiger partial charge < -0.3 is 9.47 Å². The number of anilines is 2. The molecular formula is C25H21ClN2O5. The van der Waals surface area contributed by atoms with Crippen molar-refractivity contribution in [1.29, 1.82) is 0 Å². The maximum atomic E-state index is 13.6. The molecule has 5 rings (SSSR count). The number of halogens is 1. The number of hydrogen-bond acceptors (Lipinski definition) is 6. The van der Waals surface area contributed by atoms with E-state index in [1.807, 2.05) is 48.5 Å². The number of hydroxylamine groups is 1. The second-order valence-electron chi connectivity index (χ2n) is 7.78. The minimum absolute atomic E-state index is 0.316. The fraction of sp³-hybridized carbons (Fsp3) is 0.200. The van der Waals surface area contributed by atoms with E-state index in [-0.39, 0.29) is 5.91 Å². The Balaban J connectivity index is 1.56. The molecule has 2 saturated heterocycles. The predicted octanol–water partition coefficient (Wildman–Crippen LogP) is 4.41. The molecule has 0 aromatic heterocycles. The van der Waals surface area contributed by atoms with Crippen molar-refractivity contribution >= 4 is 34.8 Å². The van der Waals surface area contributed by atoms with Gasteiger partial charge >= 0.3 is 0 Å². The standard InChI is InChI=1S/C25H21ClN2O5/c1-31-19-11-3-15(4-12-19)22-21-23(33-28(22)18-9-13-20(32-2)14-10-18)25(30)27(24(21)29)17-7-5-16(26)6-8-17/h3-14,21-23H,1-2H3/t21-,22-,23+/m0/s1. The van der Waals surface area contributed by atoms with Crippen LogP contribution in [0.5, 0.6) is 11.5 Å². The van der Waals surface area contributed by atoms with Gasteiger partial charge in [-0.2, -0.15) is 0 Å². The summed E-state index contributed by atoms with van der Waals surface area (Å²) in [6.07, 6.45) is -0.942. The smallest absolute Gasteiger partial charge is 0.266 e. The van der Waals surface area contributed by atoms with E-state index < -0.39 is 24.0 Å². The van der Waals surface area contributed by atoms with Crippen LogP contribution in [0.1, 0.15) is 11.6 Å². The highest BCUT2D eigenvalue weighted by molar-refractivity contribution is 6.31. The van der Waals surface area contributed by atoms with Crippen molar-refractivity contribution in [1.82, 2.24) is 0 Å². The molecule has 2 fully saturated rings. The molecule has 3 aromatic carbocycles. The van der Waals surface area contributed by atoms with Gasteiger partial charge in [0.25, 0.3) is 5.91 Å². The molecule has 0 N–H and O–H groups in total. The number of benzene rings is 3. The number of ether oxygens (including phenoxy) is 2. The molecule has 0 saturated carbocycles. The van der Waals surface area contributed by atoms with Crippen LogP contribution in [0.25, 0.3) is 0 Å². The van der Waals surface area contributed by atoms with Crippen molar-refractivity contribution in [2.24, 2.45) is 5.92 Å². The molecule has 7 nitrogen and oxygen atoms in total. The van der Waals surface area contributed by atoms with Crippen LogP contribution in [0.4, 0.5) is 11.4 Å². The van der Waals surface area contributed by atoms with E-state index in [0.717, 1.165) is 5.56 Å². The highest BCUT2D eigenvalue weighted by Crippen LogP contribution is 2.48. The Labute approximate surface area is 196 Å². The zero-order valence-corrected chi connectivity index (χ0v) is 18.7. The number of imide groups is 1. The summed E-state index contributed by atoms with van der Waals surface area (Å²) in [6.45, 7) is 0. The molecule has 0 radical (unpaired) electrons. The van der Waals surface area contributed by atoms with Crippen molar-refractivity contribution in [2.75, 3.05) is 24.2 Å². The van der Waals surface area contributed by atoms with E-state index in [1.54, 1.807) is 43.5 Å². The van der Waals surface area contributed by atoms with E-state index >= 15 is 0 Å². The van der Waals surface area contributed by atoms with Crippen molar-refractivity contribution in [3.63, 3.8) is 0 Å². The Morgan fingerprint density at radius 1 is 0.758 bits per heavy atom. The van der Waals surface area contributed by atoms with Crippen LogP contribution in [-0.4, -0.2) is 32.1 Å². The van der Waals surface area contributed by atoms with Crippen LogP contribution in [0.2, 0.25) is 5.02 Å². The summed E-state index contributed by atoms with van der Waals surface area (Å²) in [4.78, 5) is 34.2.